The molecule has 0 aromatic heterocycles. The zero-order valence-corrected chi connectivity index (χ0v) is 12.3. The van der Waals surface area contributed by atoms with E-state index >= 15 is 0 Å². The first-order valence-corrected chi connectivity index (χ1v) is 6.75. The highest BCUT2D eigenvalue weighted by molar-refractivity contribution is 5.94. The Bertz CT molecular complexity index is 645. The van der Waals surface area contributed by atoms with Crippen molar-refractivity contribution < 1.29 is 18.0 Å². The Morgan fingerprint density at radius 1 is 1.00 bits per heavy atom. The second-order valence-corrected chi connectivity index (χ2v) is 5.22. The van der Waals surface area contributed by atoms with Gasteiger partial charge in [-0.2, -0.15) is 13.2 Å². The van der Waals surface area contributed by atoms with Gasteiger partial charge in [0.2, 0.25) is 0 Å². The summed E-state index contributed by atoms with van der Waals surface area (Å²) in [6.07, 6.45) is -4.35. The van der Waals surface area contributed by atoms with Gasteiger partial charge in [0.1, 0.15) is 0 Å². The molecule has 1 amide bonds. The first kappa shape index (κ1) is 16.1. The topological polar surface area (TPSA) is 20.3 Å². The quantitative estimate of drug-likeness (QED) is 0.828. The van der Waals surface area contributed by atoms with Gasteiger partial charge in [-0.25, -0.2) is 0 Å². The molecule has 5 heteroatoms. The summed E-state index contributed by atoms with van der Waals surface area (Å²) in [5.74, 6) is -0.167. The standard InChI is InChI=1S/C17H16F3NO/c1-12-3-7-14(8-4-12)16(22)21(2)11-13-5-9-15(10-6-13)17(18,19)20/h3-10H,11H2,1-2H3. The molecule has 0 aliphatic heterocycles. The molecule has 0 heterocycles. The minimum absolute atomic E-state index is 0.167. The third kappa shape index (κ3) is 3.87. The Kier molecular flexibility index (Phi) is 4.54. The van der Waals surface area contributed by atoms with E-state index in [2.05, 4.69) is 0 Å². The maximum Gasteiger partial charge on any atom is 0.416 e. The smallest absolute Gasteiger partial charge is 0.337 e. The molecule has 2 aromatic carbocycles. The molecule has 0 radical (unpaired) electrons. The van der Waals surface area contributed by atoms with Crippen molar-refractivity contribution in [1.29, 1.82) is 0 Å². The number of halogens is 3. The monoisotopic (exact) mass is 307 g/mol. The maximum atomic E-state index is 12.5. The molecule has 0 fully saturated rings. The van der Waals surface area contributed by atoms with Crippen LogP contribution in [0.15, 0.2) is 48.5 Å². The second-order valence-electron chi connectivity index (χ2n) is 5.22. The van der Waals surface area contributed by atoms with Crippen molar-refractivity contribution >= 4 is 5.91 Å². The maximum absolute atomic E-state index is 12.5. The molecule has 2 aromatic rings. The predicted octanol–water partition coefficient (Wildman–Crippen LogP) is 4.29. The normalized spacial score (nSPS) is 11.3. The van der Waals surface area contributed by atoms with Crippen molar-refractivity contribution in [2.75, 3.05) is 7.05 Å². The number of alkyl halides is 3. The lowest BCUT2D eigenvalue weighted by atomic mass is 10.1. The summed E-state index contributed by atoms with van der Waals surface area (Å²) in [7, 11) is 1.62. The van der Waals surface area contributed by atoms with Crippen LogP contribution >= 0.6 is 0 Å². The van der Waals surface area contributed by atoms with Crippen molar-refractivity contribution in [2.24, 2.45) is 0 Å². The van der Waals surface area contributed by atoms with Crippen LogP contribution in [0.1, 0.15) is 27.0 Å². The molecule has 0 aliphatic rings. The third-order valence-corrected chi connectivity index (χ3v) is 3.35. The molecule has 116 valence electrons. The average molecular weight is 307 g/mol. The molecule has 0 N–H and O–H groups in total. The van der Waals surface area contributed by atoms with Gasteiger partial charge in [0, 0.05) is 19.2 Å². The SMILES string of the molecule is Cc1ccc(C(=O)N(C)Cc2ccc(C(F)(F)F)cc2)cc1. The third-order valence-electron chi connectivity index (χ3n) is 3.35. The number of rotatable bonds is 3. The summed E-state index contributed by atoms with van der Waals surface area (Å²) in [6, 6.07) is 12.0. The summed E-state index contributed by atoms with van der Waals surface area (Å²) >= 11 is 0. The molecule has 22 heavy (non-hydrogen) atoms. The Morgan fingerprint density at radius 2 is 1.55 bits per heavy atom. The van der Waals surface area contributed by atoms with Crippen molar-refractivity contribution in [3.8, 4) is 0 Å². The van der Waals surface area contributed by atoms with E-state index in [1.165, 1.54) is 17.0 Å². The van der Waals surface area contributed by atoms with Crippen molar-refractivity contribution in [2.45, 2.75) is 19.6 Å². The number of aryl methyl sites for hydroxylation is 1. The molecule has 0 unspecified atom stereocenters. The number of hydrogen-bond acceptors (Lipinski definition) is 1. The van der Waals surface area contributed by atoms with E-state index in [4.69, 9.17) is 0 Å². The Morgan fingerprint density at radius 3 is 2.05 bits per heavy atom. The molecule has 0 spiro atoms. The summed E-state index contributed by atoms with van der Waals surface area (Å²) in [5.41, 5.74) is 1.57. The fraction of sp³-hybridized carbons (Fsp3) is 0.235. The summed E-state index contributed by atoms with van der Waals surface area (Å²) in [6.45, 7) is 2.19. The van der Waals surface area contributed by atoms with Crippen LogP contribution in [0, 0.1) is 6.92 Å². The summed E-state index contributed by atoms with van der Waals surface area (Å²) < 4.78 is 37.5. The van der Waals surface area contributed by atoms with Gasteiger partial charge in [-0.05, 0) is 36.8 Å². The highest BCUT2D eigenvalue weighted by Crippen LogP contribution is 2.29. The summed E-state index contributed by atoms with van der Waals surface area (Å²) in [4.78, 5) is 13.7. The number of benzene rings is 2. The van der Waals surface area contributed by atoms with Gasteiger partial charge in [0.25, 0.3) is 5.91 Å². The zero-order chi connectivity index (χ0) is 16.3. The molecule has 0 saturated heterocycles. The molecule has 0 aliphatic carbocycles. The molecular weight excluding hydrogens is 291 g/mol. The van der Waals surface area contributed by atoms with Gasteiger partial charge < -0.3 is 4.90 Å². The van der Waals surface area contributed by atoms with E-state index in [-0.39, 0.29) is 12.5 Å². The molecular formula is C17H16F3NO. The minimum atomic E-state index is -4.35. The van der Waals surface area contributed by atoms with Crippen LogP contribution < -0.4 is 0 Å². The summed E-state index contributed by atoms with van der Waals surface area (Å²) in [5, 5.41) is 0. The van der Waals surface area contributed by atoms with Gasteiger partial charge in [-0.3, -0.25) is 4.79 Å². The van der Waals surface area contributed by atoms with E-state index in [9.17, 15) is 18.0 Å². The van der Waals surface area contributed by atoms with E-state index < -0.39 is 11.7 Å². The van der Waals surface area contributed by atoms with Gasteiger partial charge in [-0.1, -0.05) is 29.8 Å². The average Bonchev–Trinajstić information content (AvgIpc) is 2.47. The number of carbonyl (C=O) groups is 1. The van der Waals surface area contributed by atoms with E-state index in [0.29, 0.717) is 11.1 Å². The fourth-order valence-electron chi connectivity index (χ4n) is 2.06. The molecule has 0 bridgehead atoms. The van der Waals surface area contributed by atoms with Crippen molar-refractivity contribution in [3.63, 3.8) is 0 Å². The lowest BCUT2D eigenvalue weighted by Gasteiger charge is -2.18. The number of nitrogens with zero attached hydrogens (tertiary/aromatic N) is 1. The van der Waals surface area contributed by atoms with Crippen LogP contribution in [0.25, 0.3) is 0 Å². The minimum Gasteiger partial charge on any atom is -0.337 e. The van der Waals surface area contributed by atoms with Crippen molar-refractivity contribution in [1.82, 2.24) is 4.90 Å². The first-order valence-electron chi connectivity index (χ1n) is 6.75. The highest BCUT2D eigenvalue weighted by atomic mass is 19.4. The van der Waals surface area contributed by atoms with Crippen LogP contribution in [-0.2, 0) is 12.7 Å². The predicted molar refractivity (Wildman–Crippen MR) is 78.4 cm³/mol. The van der Waals surface area contributed by atoms with Crippen LogP contribution in [-0.4, -0.2) is 17.9 Å². The van der Waals surface area contributed by atoms with E-state index in [1.54, 1.807) is 19.2 Å². The highest BCUT2D eigenvalue weighted by Gasteiger charge is 2.29. The van der Waals surface area contributed by atoms with Crippen molar-refractivity contribution in [3.05, 3.63) is 70.8 Å². The molecule has 0 saturated carbocycles. The largest absolute Gasteiger partial charge is 0.416 e. The zero-order valence-electron chi connectivity index (χ0n) is 12.3. The first-order chi connectivity index (χ1) is 10.3. The van der Waals surface area contributed by atoms with Gasteiger partial charge in [-0.15, -0.1) is 0 Å². The Hall–Kier alpha value is -2.30. The molecule has 2 nitrogen and oxygen atoms in total. The Balaban J connectivity index is 2.06. The van der Waals surface area contributed by atoms with E-state index in [0.717, 1.165) is 17.7 Å². The van der Waals surface area contributed by atoms with Crippen LogP contribution in [0.2, 0.25) is 0 Å². The van der Waals surface area contributed by atoms with Gasteiger partial charge in [0.15, 0.2) is 0 Å². The van der Waals surface area contributed by atoms with E-state index in [1.807, 2.05) is 19.1 Å². The fourth-order valence-corrected chi connectivity index (χ4v) is 2.06. The van der Waals surface area contributed by atoms with Gasteiger partial charge >= 0.3 is 6.18 Å². The Labute approximate surface area is 127 Å². The number of amides is 1. The van der Waals surface area contributed by atoms with Crippen LogP contribution in [0.3, 0.4) is 0 Å². The number of hydrogen-bond donors (Lipinski definition) is 0. The lowest BCUT2D eigenvalue weighted by Crippen LogP contribution is -2.26. The van der Waals surface area contributed by atoms with Gasteiger partial charge in [0.05, 0.1) is 5.56 Å². The molecule has 2 rings (SSSR count). The molecule has 0 atom stereocenters. The van der Waals surface area contributed by atoms with Crippen LogP contribution in [0.5, 0.6) is 0 Å². The lowest BCUT2D eigenvalue weighted by molar-refractivity contribution is -0.137. The number of carbonyl (C=O) groups excluding carboxylic acids is 1. The second kappa shape index (κ2) is 6.22. The van der Waals surface area contributed by atoms with Crippen LogP contribution in [0.4, 0.5) is 13.2 Å².